The molecule has 66 heavy (non-hydrogen) atoms. The van der Waals surface area contributed by atoms with Crippen molar-refractivity contribution in [2.45, 2.75) is 90.9 Å². The van der Waals surface area contributed by atoms with Crippen molar-refractivity contribution in [1.29, 1.82) is 0 Å². The zero-order chi connectivity index (χ0) is 46.0. The van der Waals surface area contributed by atoms with Crippen LogP contribution in [0.1, 0.15) is 113 Å². The van der Waals surface area contributed by atoms with E-state index in [0.29, 0.717) is 11.8 Å². The van der Waals surface area contributed by atoms with Crippen molar-refractivity contribution in [1.82, 2.24) is 0 Å². The van der Waals surface area contributed by atoms with Gasteiger partial charge in [0.15, 0.2) is 0 Å². The highest BCUT2D eigenvalue weighted by Crippen LogP contribution is 2.51. The topological polar surface area (TPSA) is 6.48 Å². The van der Waals surface area contributed by atoms with Crippen LogP contribution in [-0.2, 0) is 10.8 Å². The van der Waals surface area contributed by atoms with Crippen LogP contribution in [0.4, 0.5) is 34.1 Å². The molecule has 2 unspecified atom stereocenters. The summed E-state index contributed by atoms with van der Waals surface area (Å²) in [5, 5.41) is 4.76. The normalized spacial score (nSPS) is 12.8. The Labute approximate surface area is 394 Å². The average molecular weight is 861 g/mol. The molecule has 0 bridgehead atoms. The van der Waals surface area contributed by atoms with E-state index < -0.39 is 0 Å². The van der Waals surface area contributed by atoms with Crippen molar-refractivity contribution < 1.29 is 0 Å². The van der Waals surface area contributed by atoms with Gasteiger partial charge in [-0.3, -0.25) is 0 Å². The lowest BCUT2D eigenvalue weighted by atomic mass is 9.78. The van der Waals surface area contributed by atoms with Crippen LogP contribution in [0.3, 0.4) is 0 Å². The van der Waals surface area contributed by atoms with Gasteiger partial charge in [0.2, 0.25) is 0 Å². The minimum absolute atomic E-state index is 0.157. The lowest BCUT2D eigenvalue weighted by Crippen LogP contribution is -2.19. The van der Waals surface area contributed by atoms with Crippen LogP contribution in [0.15, 0.2) is 206 Å². The Kier molecular flexibility index (Phi) is 12.4. The fourth-order valence-electron chi connectivity index (χ4n) is 9.85. The maximum atomic E-state index is 2.50. The molecule has 0 radical (unpaired) electrons. The number of fused-ring (bicyclic) bond motifs is 2. The van der Waals surface area contributed by atoms with Crippen LogP contribution in [0.5, 0.6) is 0 Å². The lowest BCUT2D eigenvalue weighted by Gasteiger charge is -2.34. The number of anilines is 6. The summed E-state index contributed by atoms with van der Waals surface area (Å²) in [7, 11) is 0. The second kappa shape index (κ2) is 18.5. The number of hydrogen-bond acceptors (Lipinski definition) is 2. The van der Waals surface area contributed by atoms with E-state index in [1.165, 1.54) is 66.3 Å². The molecule has 0 aliphatic heterocycles. The van der Waals surface area contributed by atoms with Gasteiger partial charge in [-0.15, -0.1) is 0 Å². The van der Waals surface area contributed by atoms with Crippen molar-refractivity contribution >= 4 is 55.7 Å². The molecule has 0 heterocycles. The summed E-state index contributed by atoms with van der Waals surface area (Å²) in [6.07, 6.45) is 2.20. The van der Waals surface area contributed by atoms with E-state index in [1.54, 1.807) is 0 Å². The SMILES string of the molecule is CCC(C)c1ccc(N(c2ccc(C(C)(C)c3ccccc3)cc2)c2c3ccccc3c(N(c3ccc(C(C)CC)cc3)c3ccc(C(C)(C)c4ccccc4)cc3)c3ccccc23)cc1. The van der Waals surface area contributed by atoms with Gasteiger partial charge in [0.05, 0.1) is 11.4 Å². The first-order valence-corrected chi connectivity index (χ1v) is 24.1. The molecule has 9 aromatic carbocycles. The monoisotopic (exact) mass is 861 g/mol. The van der Waals surface area contributed by atoms with Crippen molar-refractivity contribution in [2.75, 3.05) is 9.80 Å². The summed E-state index contributed by atoms with van der Waals surface area (Å²) in [6.45, 7) is 18.5. The molecule has 330 valence electrons. The second-order valence-electron chi connectivity index (χ2n) is 19.3. The first kappa shape index (κ1) is 44.3. The third kappa shape index (κ3) is 8.30. The lowest BCUT2D eigenvalue weighted by molar-refractivity contribution is 0.641. The predicted molar refractivity (Wildman–Crippen MR) is 285 cm³/mol. The zero-order valence-electron chi connectivity index (χ0n) is 40.1. The molecule has 0 spiro atoms. The van der Waals surface area contributed by atoms with Gasteiger partial charge in [0.25, 0.3) is 0 Å². The van der Waals surface area contributed by atoms with Gasteiger partial charge >= 0.3 is 0 Å². The molecule has 2 nitrogen and oxygen atoms in total. The van der Waals surface area contributed by atoms with Crippen LogP contribution in [0.2, 0.25) is 0 Å². The molecular formula is C64H64N2. The van der Waals surface area contributed by atoms with Gasteiger partial charge < -0.3 is 9.80 Å². The van der Waals surface area contributed by atoms with Gasteiger partial charge in [-0.1, -0.05) is 213 Å². The third-order valence-electron chi connectivity index (χ3n) is 14.7. The minimum atomic E-state index is -0.157. The van der Waals surface area contributed by atoms with E-state index in [-0.39, 0.29) is 10.8 Å². The molecule has 0 fully saturated rings. The molecule has 0 N–H and O–H groups in total. The van der Waals surface area contributed by atoms with E-state index in [4.69, 9.17) is 0 Å². The van der Waals surface area contributed by atoms with E-state index >= 15 is 0 Å². The van der Waals surface area contributed by atoms with Crippen molar-refractivity contribution in [2.24, 2.45) is 0 Å². The summed E-state index contributed by atoms with van der Waals surface area (Å²) >= 11 is 0. The largest absolute Gasteiger partial charge is 0.309 e. The first-order valence-electron chi connectivity index (χ1n) is 24.1. The molecule has 0 aliphatic carbocycles. The van der Waals surface area contributed by atoms with Crippen LogP contribution in [0, 0.1) is 0 Å². The molecule has 2 heteroatoms. The van der Waals surface area contributed by atoms with E-state index in [1.807, 2.05) is 0 Å². The van der Waals surface area contributed by atoms with E-state index in [0.717, 1.165) is 35.6 Å². The maximum Gasteiger partial charge on any atom is 0.0619 e. The van der Waals surface area contributed by atoms with Gasteiger partial charge in [-0.25, -0.2) is 0 Å². The van der Waals surface area contributed by atoms with Crippen molar-refractivity contribution in [3.63, 3.8) is 0 Å². The Bertz CT molecular complexity index is 2770. The zero-order valence-corrected chi connectivity index (χ0v) is 40.1. The molecule has 0 aliphatic rings. The third-order valence-corrected chi connectivity index (χ3v) is 14.7. The quantitative estimate of drug-likeness (QED) is 0.0794. The summed E-state index contributed by atoms with van der Waals surface area (Å²) in [6, 6.07) is 77.0. The Balaban J connectivity index is 1.27. The van der Waals surface area contributed by atoms with Gasteiger partial charge in [-0.2, -0.15) is 0 Å². The summed E-state index contributed by atoms with van der Waals surface area (Å²) < 4.78 is 0. The van der Waals surface area contributed by atoms with Crippen LogP contribution >= 0.6 is 0 Å². The number of benzene rings is 9. The summed E-state index contributed by atoms with van der Waals surface area (Å²) in [5.41, 5.74) is 14.4. The summed E-state index contributed by atoms with van der Waals surface area (Å²) in [4.78, 5) is 5.00. The maximum absolute atomic E-state index is 2.50. The Morgan fingerprint density at radius 2 is 0.561 bits per heavy atom. The van der Waals surface area contributed by atoms with E-state index in [9.17, 15) is 0 Å². The molecule has 0 aromatic heterocycles. The smallest absolute Gasteiger partial charge is 0.0619 e. The predicted octanol–water partition coefficient (Wildman–Crippen LogP) is 18.6. The Hall–Kier alpha value is -6.90. The van der Waals surface area contributed by atoms with E-state index in [2.05, 4.69) is 271 Å². The Morgan fingerprint density at radius 1 is 0.318 bits per heavy atom. The highest BCUT2D eigenvalue weighted by Gasteiger charge is 2.28. The summed E-state index contributed by atoms with van der Waals surface area (Å²) in [5.74, 6) is 0.966. The second-order valence-corrected chi connectivity index (χ2v) is 19.3. The van der Waals surface area contributed by atoms with Crippen LogP contribution in [0.25, 0.3) is 21.5 Å². The number of nitrogens with zero attached hydrogens (tertiary/aromatic N) is 2. The van der Waals surface area contributed by atoms with Gasteiger partial charge in [0, 0.05) is 55.1 Å². The average Bonchev–Trinajstić information content (AvgIpc) is 3.37. The minimum Gasteiger partial charge on any atom is -0.309 e. The molecular weight excluding hydrogens is 797 g/mol. The molecule has 0 saturated heterocycles. The van der Waals surface area contributed by atoms with Gasteiger partial charge in [0.1, 0.15) is 0 Å². The highest BCUT2D eigenvalue weighted by atomic mass is 15.2. The van der Waals surface area contributed by atoms with Crippen LogP contribution in [-0.4, -0.2) is 0 Å². The fraction of sp³-hybridized carbons (Fsp3) is 0.219. The molecule has 9 rings (SSSR count). The van der Waals surface area contributed by atoms with Crippen molar-refractivity contribution in [3.05, 3.63) is 240 Å². The molecule has 9 aromatic rings. The highest BCUT2D eigenvalue weighted by molar-refractivity contribution is 6.23. The van der Waals surface area contributed by atoms with Crippen molar-refractivity contribution in [3.8, 4) is 0 Å². The standard InChI is InChI=1S/C64H64N2/c1-9-45(3)47-29-37-53(38-30-47)65(55-41-33-51(34-42-55)63(5,6)49-21-13-11-14-22-49)61-57-25-17-19-27-59(57)62(60-28-20-18-26-58(60)61)66(54-39-31-48(32-40-54)46(4)10-2)56-43-35-52(36-44-56)64(7,8)50-23-15-12-16-24-50/h11-46H,9-10H2,1-8H3. The fourth-order valence-corrected chi connectivity index (χ4v) is 9.85. The number of hydrogen-bond donors (Lipinski definition) is 0. The molecule has 0 amide bonds. The first-order chi connectivity index (χ1) is 32.0. The number of rotatable bonds is 14. The Morgan fingerprint density at radius 3 is 0.833 bits per heavy atom. The molecule has 2 atom stereocenters. The van der Waals surface area contributed by atoms with Crippen LogP contribution < -0.4 is 9.80 Å². The van der Waals surface area contributed by atoms with Gasteiger partial charge in [-0.05, 0) is 107 Å². The molecule has 0 saturated carbocycles.